The molecule has 206 valence electrons. The summed E-state index contributed by atoms with van der Waals surface area (Å²) in [4.78, 5) is 41.3. The van der Waals surface area contributed by atoms with E-state index in [1.165, 1.54) is 16.5 Å². The first-order valence-electron chi connectivity index (χ1n) is 13.3. The van der Waals surface area contributed by atoms with E-state index in [-0.39, 0.29) is 30.3 Å². The molecule has 0 spiro atoms. The first-order chi connectivity index (χ1) is 19.4. The minimum atomic E-state index is -0.982. The molecule has 1 aliphatic carbocycles. The van der Waals surface area contributed by atoms with Crippen LogP contribution >= 0.6 is 0 Å². The fourth-order valence-electron chi connectivity index (χ4n) is 5.16. The van der Waals surface area contributed by atoms with E-state index in [4.69, 9.17) is 4.74 Å². The van der Waals surface area contributed by atoms with Crippen molar-refractivity contribution in [2.45, 2.75) is 51.2 Å². The molecule has 0 bridgehead atoms. The van der Waals surface area contributed by atoms with Crippen LogP contribution in [-0.4, -0.2) is 45.9 Å². The third-order valence-electron chi connectivity index (χ3n) is 7.06. The largest absolute Gasteiger partial charge is 0.497 e. The maximum Gasteiger partial charge on any atom is 0.249 e. The molecule has 40 heavy (non-hydrogen) atoms. The number of rotatable bonds is 9. The van der Waals surface area contributed by atoms with Gasteiger partial charge >= 0.3 is 0 Å². The number of anilines is 2. The average Bonchev–Trinajstić information content (AvgIpc) is 3.62. The van der Waals surface area contributed by atoms with E-state index >= 15 is 0 Å². The second-order valence-corrected chi connectivity index (χ2v) is 9.90. The van der Waals surface area contributed by atoms with Gasteiger partial charge in [0.2, 0.25) is 17.7 Å². The van der Waals surface area contributed by atoms with Crippen molar-refractivity contribution in [1.29, 1.82) is 0 Å². The fourth-order valence-corrected chi connectivity index (χ4v) is 5.16. The van der Waals surface area contributed by atoms with Crippen molar-refractivity contribution < 1.29 is 19.1 Å². The molecule has 5 rings (SSSR count). The van der Waals surface area contributed by atoms with Crippen LogP contribution in [0.2, 0.25) is 0 Å². The highest BCUT2D eigenvalue weighted by atomic mass is 16.5. The van der Waals surface area contributed by atoms with Gasteiger partial charge in [-0.15, -0.1) is 5.10 Å². The summed E-state index contributed by atoms with van der Waals surface area (Å²) in [5.41, 5.74) is 3.07. The van der Waals surface area contributed by atoms with E-state index in [1.54, 1.807) is 49.6 Å². The number of para-hydroxylation sites is 1. The molecule has 1 atom stereocenters. The summed E-state index contributed by atoms with van der Waals surface area (Å²) in [6.45, 7) is 1.30. The number of fused-ring (bicyclic) bond motifs is 1. The van der Waals surface area contributed by atoms with Gasteiger partial charge in [0.1, 0.15) is 23.9 Å². The molecule has 0 saturated heterocycles. The minimum Gasteiger partial charge on any atom is -0.497 e. The molecule has 3 aromatic carbocycles. The lowest BCUT2D eigenvalue weighted by Crippen LogP contribution is -2.47. The molecule has 1 heterocycles. The minimum absolute atomic E-state index is 0.0546. The Balaban J connectivity index is 1.58. The van der Waals surface area contributed by atoms with Gasteiger partial charge in [-0.25, -0.2) is 4.68 Å². The SMILES string of the molecule is COc1cccc(C(C(=O)NC2CCCC2)N(C(=O)Cn2nnc3ccccc32)c2ccc(NC(C)=O)cc2)c1. The summed E-state index contributed by atoms with van der Waals surface area (Å²) in [6, 6.07) is 20.5. The topological polar surface area (TPSA) is 118 Å². The van der Waals surface area contributed by atoms with Crippen LogP contribution in [0.5, 0.6) is 5.75 Å². The molecule has 1 saturated carbocycles. The Kier molecular flexibility index (Phi) is 8.04. The van der Waals surface area contributed by atoms with Gasteiger partial charge in [0.25, 0.3) is 0 Å². The summed E-state index contributed by atoms with van der Waals surface area (Å²) in [7, 11) is 1.56. The third-order valence-corrected chi connectivity index (χ3v) is 7.06. The van der Waals surface area contributed by atoms with E-state index in [9.17, 15) is 14.4 Å². The van der Waals surface area contributed by atoms with Crippen molar-refractivity contribution in [1.82, 2.24) is 20.3 Å². The highest BCUT2D eigenvalue weighted by molar-refractivity contribution is 6.02. The van der Waals surface area contributed by atoms with Crippen LogP contribution in [0.25, 0.3) is 11.0 Å². The molecule has 1 unspecified atom stereocenters. The second-order valence-electron chi connectivity index (χ2n) is 9.90. The maximum absolute atomic E-state index is 14.2. The highest BCUT2D eigenvalue weighted by Gasteiger charge is 2.35. The number of aromatic nitrogens is 3. The number of amides is 3. The summed E-state index contributed by atoms with van der Waals surface area (Å²) in [5, 5.41) is 14.3. The first kappa shape index (κ1) is 26.9. The van der Waals surface area contributed by atoms with Crippen LogP contribution in [0.15, 0.2) is 72.8 Å². The van der Waals surface area contributed by atoms with E-state index in [2.05, 4.69) is 20.9 Å². The standard InChI is InChI=1S/C30H32N6O4/c1-20(37)31-23-14-16-24(17-15-23)36(28(38)19-35-27-13-6-5-12-26(27)33-34-35)29(21-8-7-11-25(18-21)40-2)30(39)32-22-9-3-4-10-22/h5-8,11-18,22,29H,3-4,9-10,19H2,1-2H3,(H,31,37)(H,32,39). The predicted octanol–water partition coefficient (Wildman–Crippen LogP) is 4.23. The Labute approximate surface area is 232 Å². The molecule has 4 aromatic rings. The summed E-state index contributed by atoms with van der Waals surface area (Å²) in [5.74, 6) is -0.254. The Morgan fingerprint density at radius 1 is 1.02 bits per heavy atom. The summed E-state index contributed by atoms with van der Waals surface area (Å²) < 4.78 is 6.99. The second kappa shape index (κ2) is 12.0. The van der Waals surface area contributed by atoms with Gasteiger partial charge in [-0.3, -0.25) is 19.3 Å². The van der Waals surface area contributed by atoms with Crippen LogP contribution < -0.4 is 20.3 Å². The van der Waals surface area contributed by atoms with Crippen LogP contribution in [0.4, 0.5) is 11.4 Å². The van der Waals surface area contributed by atoms with Gasteiger partial charge in [0.05, 0.1) is 12.6 Å². The molecule has 0 radical (unpaired) electrons. The highest BCUT2D eigenvalue weighted by Crippen LogP contribution is 2.32. The number of nitrogens with one attached hydrogen (secondary N) is 2. The van der Waals surface area contributed by atoms with Gasteiger partial charge in [-0.2, -0.15) is 0 Å². The molecule has 10 heteroatoms. The van der Waals surface area contributed by atoms with Gasteiger partial charge < -0.3 is 15.4 Å². The zero-order chi connectivity index (χ0) is 28.1. The number of ether oxygens (including phenoxy) is 1. The lowest BCUT2D eigenvalue weighted by atomic mass is 10.0. The zero-order valence-electron chi connectivity index (χ0n) is 22.5. The van der Waals surface area contributed by atoms with Gasteiger partial charge in [0, 0.05) is 24.3 Å². The lowest BCUT2D eigenvalue weighted by molar-refractivity contribution is -0.127. The number of benzene rings is 3. The number of methoxy groups -OCH3 is 1. The zero-order valence-corrected chi connectivity index (χ0v) is 22.5. The average molecular weight is 541 g/mol. The molecular formula is C30H32N6O4. The van der Waals surface area contributed by atoms with Crippen molar-refractivity contribution in [3.63, 3.8) is 0 Å². The van der Waals surface area contributed by atoms with Gasteiger partial charge in [-0.05, 0) is 66.9 Å². The molecule has 10 nitrogen and oxygen atoms in total. The predicted molar refractivity (Wildman–Crippen MR) is 152 cm³/mol. The Hall–Kier alpha value is -4.73. The molecule has 0 aliphatic heterocycles. The van der Waals surface area contributed by atoms with Crippen molar-refractivity contribution in [2.75, 3.05) is 17.3 Å². The Morgan fingerprint density at radius 2 is 1.77 bits per heavy atom. The summed E-state index contributed by atoms with van der Waals surface area (Å²) >= 11 is 0. The number of carbonyl (C=O) groups excluding carboxylic acids is 3. The van der Waals surface area contributed by atoms with E-state index in [1.807, 2.05) is 30.3 Å². The molecule has 1 aromatic heterocycles. The first-order valence-corrected chi connectivity index (χ1v) is 13.3. The maximum atomic E-state index is 14.2. The quantitative estimate of drug-likeness (QED) is 0.328. The van der Waals surface area contributed by atoms with Crippen LogP contribution in [0, 0.1) is 0 Å². The molecule has 3 amide bonds. The number of carbonyl (C=O) groups is 3. The van der Waals surface area contributed by atoms with Crippen LogP contribution in [-0.2, 0) is 20.9 Å². The molecule has 1 fully saturated rings. The molecule has 1 aliphatic rings. The Bertz CT molecular complexity index is 1510. The van der Waals surface area contributed by atoms with Crippen molar-refractivity contribution >= 4 is 40.1 Å². The summed E-state index contributed by atoms with van der Waals surface area (Å²) in [6.07, 6.45) is 3.92. The van der Waals surface area contributed by atoms with Crippen LogP contribution in [0.1, 0.15) is 44.2 Å². The normalized spacial score (nSPS) is 14.1. The number of hydrogen-bond donors (Lipinski definition) is 2. The smallest absolute Gasteiger partial charge is 0.249 e. The van der Waals surface area contributed by atoms with E-state index < -0.39 is 6.04 Å². The third kappa shape index (κ3) is 5.96. The number of hydrogen-bond acceptors (Lipinski definition) is 6. The van der Waals surface area contributed by atoms with Gasteiger partial charge in [-0.1, -0.05) is 42.3 Å². The molecular weight excluding hydrogens is 508 g/mol. The van der Waals surface area contributed by atoms with Crippen molar-refractivity contribution in [2.24, 2.45) is 0 Å². The van der Waals surface area contributed by atoms with E-state index in [0.29, 0.717) is 33.7 Å². The Morgan fingerprint density at radius 3 is 2.50 bits per heavy atom. The van der Waals surface area contributed by atoms with Crippen molar-refractivity contribution in [3.05, 3.63) is 78.4 Å². The molecule has 2 N–H and O–H groups in total. The fraction of sp³-hybridized carbons (Fsp3) is 0.300. The van der Waals surface area contributed by atoms with E-state index in [0.717, 1.165) is 25.7 Å². The van der Waals surface area contributed by atoms with Crippen molar-refractivity contribution in [3.8, 4) is 5.75 Å². The lowest BCUT2D eigenvalue weighted by Gasteiger charge is -2.32. The van der Waals surface area contributed by atoms with Crippen LogP contribution in [0.3, 0.4) is 0 Å². The monoisotopic (exact) mass is 540 g/mol. The van der Waals surface area contributed by atoms with Gasteiger partial charge in [0.15, 0.2) is 0 Å². The number of nitrogens with zero attached hydrogens (tertiary/aromatic N) is 4.